The number of thiophene rings is 1. The Kier molecular flexibility index (Phi) is 2.60. The molecule has 1 fully saturated rings. The van der Waals surface area contributed by atoms with Gasteiger partial charge in [0.05, 0.1) is 0 Å². The molecule has 3 rings (SSSR count). The van der Waals surface area contributed by atoms with Gasteiger partial charge in [-0.25, -0.2) is 0 Å². The highest BCUT2D eigenvalue weighted by molar-refractivity contribution is 7.17. The maximum Gasteiger partial charge on any atom is 0.0347 e. The normalized spacial score (nSPS) is 17.8. The van der Waals surface area contributed by atoms with Gasteiger partial charge in [-0.3, -0.25) is 4.90 Å². The average molecular weight is 246 g/mol. The van der Waals surface area contributed by atoms with Crippen LogP contribution < -0.4 is 5.73 Å². The molecule has 1 saturated heterocycles. The Morgan fingerprint density at radius 2 is 2.12 bits per heavy atom. The molecule has 0 amide bonds. The molecule has 2 heterocycles. The lowest BCUT2D eigenvalue weighted by atomic mass is 9.90. The monoisotopic (exact) mass is 246 g/mol. The summed E-state index contributed by atoms with van der Waals surface area (Å²) < 4.78 is 1.36. The summed E-state index contributed by atoms with van der Waals surface area (Å²) >= 11 is 1.84. The third kappa shape index (κ3) is 1.83. The predicted molar refractivity (Wildman–Crippen MR) is 75.7 cm³/mol. The Morgan fingerprint density at radius 1 is 1.35 bits per heavy atom. The van der Waals surface area contributed by atoms with E-state index in [1.165, 1.54) is 28.7 Å². The van der Waals surface area contributed by atoms with E-state index in [-0.39, 0.29) is 0 Å². The van der Waals surface area contributed by atoms with Crippen molar-refractivity contribution in [3.8, 4) is 0 Å². The molecule has 90 valence electrons. The number of rotatable bonds is 2. The second kappa shape index (κ2) is 4.00. The number of nitrogen functional groups attached to an aromatic ring is 1. The van der Waals surface area contributed by atoms with Crippen LogP contribution in [-0.4, -0.2) is 24.0 Å². The SMILES string of the molecule is CC(C)N1CC(c2csc3ccc(N)cc23)C1. The van der Waals surface area contributed by atoms with E-state index in [0.29, 0.717) is 12.0 Å². The smallest absolute Gasteiger partial charge is 0.0347 e. The van der Waals surface area contributed by atoms with Gasteiger partial charge in [-0.1, -0.05) is 0 Å². The quantitative estimate of drug-likeness (QED) is 0.824. The van der Waals surface area contributed by atoms with Gasteiger partial charge in [0.25, 0.3) is 0 Å². The van der Waals surface area contributed by atoms with Crippen LogP contribution in [0.4, 0.5) is 5.69 Å². The van der Waals surface area contributed by atoms with E-state index in [1.54, 1.807) is 0 Å². The highest BCUT2D eigenvalue weighted by atomic mass is 32.1. The zero-order valence-electron chi connectivity index (χ0n) is 10.3. The van der Waals surface area contributed by atoms with Crippen LogP contribution in [0.2, 0.25) is 0 Å². The maximum atomic E-state index is 5.88. The van der Waals surface area contributed by atoms with E-state index >= 15 is 0 Å². The van der Waals surface area contributed by atoms with Crippen molar-refractivity contribution < 1.29 is 0 Å². The molecule has 0 spiro atoms. The van der Waals surface area contributed by atoms with E-state index in [9.17, 15) is 0 Å². The molecule has 2 N–H and O–H groups in total. The highest BCUT2D eigenvalue weighted by Gasteiger charge is 2.31. The molecule has 0 atom stereocenters. The first-order chi connectivity index (χ1) is 8.15. The Labute approximate surface area is 106 Å². The summed E-state index contributed by atoms with van der Waals surface area (Å²) in [5, 5.41) is 3.68. The van der Waals surface area contributed by atoms with Crippen molar-refractivity contribution in [2.24, 2.45) is 0 Å². The zero-order chi connectivity index (χ0) is 12.0. The van der Waals surface area contributed by atoms with Crippen molar-refractivity contribution in [3.05, 3.63) is 29.1 Å². The molecular weight excluding hydrogens is 228 g/mol. The molecule has 0 saturated carbocycles. The fraction of sp³-hybridized carbons (Fsp3) is 0.429. The molecule has 2 nitrogen and oxygen atoms in total. The lowest BCUT2D eigenvalue weighted by Crippen LogP contribution is -2.48. The highest BCUT2D eigenvalue weighted by Crippen LogP contribution is 2.37. The third-order valence-corrected chi connectivity index (χ3v) is 4.69. The van der Waals surface area contributed by atoms with Crippen LogP contribution in [0.5, 0.6) is 0 Å². The summed E-state index contributed by atoms with van der Waals surface area (Å²) in [4.78, 5) is 2.51. The van der Waals surface area contributed by atoms with Crippen LogP contribution in [0.1, 0.15) is 25.3 Å². The summed E-state index contributed by atoms with van der Waals surface area (Å²) in [6.45, 7) is 6.91. The third-order valence-electron chi connectivity index (χ3n) is 3.71. The van der Waals surface area contributed by atoms with E-state index in [2.05, 4.69) is 36.3 Å². The van der Waals surface area contributed by atoms with Gasteiger partial charge in [-0.05, 0) is 48.4 Å². The minimum absolute atomic E-state index is 0.668. The van der Waals surface area contributed by atoms with Crippen LogP contribution in [0, 0.1) is 0 Å². The topological polar surface area (TPSA) is 29.3 Å². The predicted octanol–water partition coefficient (Wildman–Crippen LogP) is 3.29. The molecule has 0 aliphatic carbocycles. The first kappa shape index (κ1) is 11.1. The number of fused-ring (bicyclic) bond motifs is 1. The number of nitrogens with two attached hydrogens (primary N) is 1. The standard InChI is InChI=1S/C14H18N2S/c1-9(2)16-6-10(7-16)13-8-17-14-4-3-11(15)5-12(13)14/h3-5,8-10H,6-7,15H2,1-2H3. The number of hydrogen-bond acceptors (Lipinski definition) is 3. The second-order valence-electron chi connectivity index (χ2n) is 5.19. The Hall–Kier alpha value is -1.06. The lowest BCUT2D eigenvalue weighted by molar-refractivity contribution is 0.111. The summed E-state index contributed by atoms with van der Waals surface area (Å²) in [6, 6.07) is 6.92. The molecule has 1 aliphatic rings. The average Bonchev–Trinajstić information content (AvgIpc) is 2.59. The molecule has 17 heavy (non-hydrogen) atoms. The number of nitrogens with zero attached hydrogens (tertiary/aromatic N) is 1. The Morgan fingerprint density at radius 3 is 2.82 bits per heavy atom. The van der Waals surface area contributed by atoms with E-state index < -0.39 is 0 Å². The van der Waals surface area contributed by atoms with Gasteiger partial charge < -0.3 is 5.73 Å². The largest absolute Gasteiger partial charge is 0.399 e. The van der Waals surface area contributed by atoms with E-state index in [1.807, 2.05) is 17.4 Å². The van der Waals surface area contributed by atoms with Crippen molar-refractivity contribution in [1.82, 2.24) is 4.90 Å². The summed E-state index contributed by atoms with van der Waals surface area (Å²) in [5.74, 6) is 0.702. The molecule has 3 heteroatoms. The van der Waals surface area contributed by atoms with Gasteiger partial charge in [-0.2, -0.15) is 0 Å². The lowest BCUT2D eigenvalue weighted by Gasteiger charge is -2.42. The van der Waals surface area contributed by atoms with Crippen LogP contribution in [-0.2, 0) is 0 Å². The second-order valence-corrected chi connectivity index (χ2v) is 6.10. The molecule has 1 aromatic heterocycles. The van der Waals surface area contributed by atoms with Gasteiger partial charge in [0, 0.05) is 35.4 Å². The molecule has 2 aromatic rings. The summed E-state index contributed by atoms with van der Waals surface area (Å²) in [7, 11) is 0. The van der Waals surface area contributed by atoms with Crippen LogP contribution in [0.3, 0.4) is 0 Å². The number of likely N-dealkylation sites (tertiary alicyclic amines) is 1. The molecular formula is C14H18N2S. The number of benzene rings is 1. The minimum atomic E-state index is 0.668. The fourth-order valence-corrected chi connectivity index (χ4v) is 3.54. The van der Waals surface area contributed by atoms with Crippen molar-refractivity contribution >= 4 is 27.1 Å². The van der Waals surface area contributed by atoms with Gasteiger partial charge in [0.2, 0.25) is 0 Å². The van der Waals surface area contributed by atoms with Crippen molar-refractivity contribution in [2.75, 3.05) is 18.8 Å². The first-order valence-electron chi connectivity index (χ1n) is 6.16. The molecule has 0 unspecified atom stereocenters. The number of hydrogen-bond donors (Lipinski definition) is 1. The molecule has 1 aromatic carbocycles. The van der Waals surface area contributed by atoms with Crippen molar-refractivity contribution in [1.29, 1.82) is 0 Å². The van der Waals surface area contributed by atoms with E-state index in [0.717, 1.165) is 5.69 Å². The molecule has 1 aliphatic heterocycles. The van der Waals surface area contributed by atoms with Crippen LogP contribution in [0.25, 0.3) is 10.1 Å². The van der Waals surface area contributed by atoms with Crippen molar-refractivity contribution in [3.63, 3.8) is 0 Å². The van der Waals surface area contributed by atoms with Gasteiger partial charge in [0.1, 0.15) is 0 Å². The zero-order valence-corrected chi connectivity index (χ0v) is 11.1. The van der Waals surface area contributed by atoms with Crippen LogP contribution in [0.15, 0.2) is 23.6 Å². The Balaban J connectivity index is 1.89. The summed E-state index contributed by atoms with van der Waals surface area (Å²) in [6.07, 6.45) is 0. The number of anilines is 1. The van der Waals surface area contributed by atoms with Gasteiger partial charge in [-0.15, -0.1) is 11.3 Å². The summed E-state index contributed by atoms with van der Waals surface area (Å²) in [5.41, 5.74) is 8.25. The minimum Gasteiger partial charge on any atom is -0.399 e. The molecule has 0 radical (unpaired) electrons. The van der Waals surface area contributed by atoms with Crippen molar-refractivity contribution in [2.45, 2.75) is 25.8 Å². The maximum absolute atomic E-state index is 5.88. The Bertz CT molecular complexity index is 538. The van der Waals surface area contributed by atoms with Crippen LogP contribution >= 0.6 is 11.3 Å². The van der Waals surface area contributed by atoms with Gasteiger partial charge in [0.15, 0.2) is 0 Å². The molecule has 0 bridgehead atoms. The van der Waals surface area contributed by atoms with Gasteiger partial charge >= 0.3 is 0 Å². The first-order valence-corrected chi connectivity index (χ1v) is 7.04. The van der Waals surface area contributed by atoms with E-state index in [4.69, 9.17) is 5.73 Å². The fourth-order valence-electron chi connectivity index (χ4n) is 2.51.